The number of aromatic nitrogens is 4. The number of allylic oxidation sites excluding steroid dienone is 4. The predicted molar refractivity (Wildman–Crippen MR) is 249 cm³/mol. The lowest BCUT2D eigenvalue weighted by molar-refractivity contribution is 0.669. The molecule has 0 unspecified atom stereocenters. The molecule has 1 aliphatic rings. The smallest absolute Gasteiger partial charge is 0.160 e. The van der Waals surface area contributed by atoms with Crippen LogP contribution in [0.5, 0.6) is 0 Å². The molecule has 0 saturated carbocycles. The van der Waals surface area contributed by atoms with Gasteiger partial charge in [-0.3, -0.25) is 0 Å². The van der Waals surface area contributed by atoms with Crippen LogP contribution in [0.3, 0.4) is 0 Å². The molecule has 7 aromatic carbocycles. The highest BCUT2D eigenvalue weighted by atomic mass is 16.3. The maximum absolute atomic E-state index is 6.37. The summed E-state index contributed by atoms with van der Waals surface area (Å²) in [7, 11) is 0. The van der Waals surface area contributed by atoms with Gasteiger partial charge in [0.1, 0.15) is 11.2 Å². The van der Waals surface area contributed by atoms with Crippen molar-refractivity contribution in [3.63, 3.8) is 0 Å². The van der Waals surface area contributed by atoms with Crippen molar-refractivity contribution in [3.05, 3.63) is 218 Å². The van der Waals surface area contributed by atoms with Crippen molar-refractivity contribution in [2.75, 3.05) is 0 Å². The van der Waals surface area contributed by atoms with Crippen molar-refractivity contribution in [2.45, 2.75) is 12.8 Å². The summed E-state index contributed by atoms with van der Waals surface area (Å²) < 4.78 is 6.37. The van der Waals surface area contributed by atoms with E-state index in [1.165, 1.54) is 16.7 Å². The summed E-state index contributed by atoms with van der Waals surface area (Å²) in [5.41, 5.74) is 16.5. The Morgan fingerprint density at radius 3 is 1.18 bits per heavy atom. The van der Waals surface area contributed by atoms with E-state index >= 15 is 0 Å². The molecule has 3 heterocycles. The van der Waals surface area contributed by atoms with Crippen LogP contribution in [0, 0.1) is 0 Å². The largest absolute Gasteiger partial charge is 0.456 e. The molecule has 5 heteroatoms. The second-order valence-electron chi connectivity index (χ2n) is 15.4. The molecule has 0 amide bonds. The quantitative estimate of drug-likeness (QED) is 0.154. The third kappa shape index (κ3) is 7.23. The summed E-state index contributed by atoms with van der Waals surface area (Å²) in [6.07, 6.45) is 6.27. The van der Waals surface area contributed by atoms with E-state index in [9.17, 15) is 0 Å². The van der Waals surface area contributed by atoms with Gasteiger partial charge in [-0.05, 0) is 77.1 Å². The first kappa shape index (κ1) is 36.1. The van der Waals surface area contributed by atoms with Crippen molar-refractivity contribution < 1.29 is 4.42 Å². The zero-order valence-electron chi connectivity index (χ0n) is 33.2. The highest BCUT2D eigenvalue weighted by molar-refractivity contribution is 6.07. The first-order valence-electron chi connectivity index (χ1n) is 20.7. The molecule has 288 valence electrons. The van der Waals surface area contributed by atoms with Gasteiger partial charge in [0.2, 0.25) is 0 Å². The van der Waals surface area contributed by atoms with Gasteiger partial charge in [-0.2, -0.15) is 0 Å². The van der Waals surface area contributed by atoms with Crippen LogP contribution < -0.4 is 0 Å². The standard InChI is InChI=1S/C56H38N4O/c1-5-13-39(14-6-1)49-35-51(59-55(57-49)43-17-9-3-10-18-43)41-25-21-37(22-26-41)45-29-31-53-47(33-45)48-34-46(30-32-54(48)61-53)38-23-27-42(28-24-38)52-36-50(40-15-7-2-8-16-40)58-56(60-52)44-19-11-4-12-20-44/h1-23,25-27,29-36H,24,28H2. The molecular weight excluding hydrogens is 745 g/mol. The van der Waals surface area contributed by atoms with E-state index < -0.39 is 0 Å². The highest BCUT2D eigenvalue weighted by Gasteiger charge is 2.17. The first-order chi connectivity index (χ1) is 30.2. The molecule has 0 atom stereocenters. The maximum atomic E-state index is 6.37. The van der Waals surface area contributed by atoms with Gasteiger partial charge in [0.05, 0.1) is 22.8 Å². The first-order valence-corrected chi connectivity index (χ1v) is 20.7. The number of benzene rings is 7. The minimum atomic E-state index is 0.707. The molecule has 11 rings (SSSR count). The molecule has 0 radical (unpaired) electrons. The third-order valence-corrected chi connectivity index (χ3v) is 11.5. The molecule has 5 nitrogen and oxygen atoms in total. The van der Waals surface area contributed by atoms with Crippen LogP contribution in [0.4, 0.5) is 0 Å². The van der Waals surface area contributed by atoms with E-state index in [2.05, 4.69) is 146 Å². The molecule has 0 aliphatic heterocycles. The van der Waals surface area contributed by atoms with Gasteiger partial charge < -0.3 is 4.42 Å². The number of rotatable bonds is 8. The van der Waals surface area contributed by atoms with Crippen LogP contribution in [0.15, 0.2) is 211 Å². The lowest BCUT2D eigenvalue weighted by Crippen LogP contribution is -2.00. The van der Waals surface area contributed by atoms with Crippen LogP contribution in [-0.2, 0) is 0 Å². The second kappa shape index (κ2) is 15.6. The van der Waals surface area contributed by atoms with Gasteiger partial charge in [0.15, 0.2) is 11.6 Å². The van der Waals surface area contributed by atoms with E-state index in [4.69, 9.17) is 24.4 Å². The van der Waals surface area contributed by atoms with Crippen LogP contribution in [0.25, 0.3) is 101 Å². The minimum Gasteiger partial charge on any atom is -0.456 e. The Balaban J connectivity index is 0.900. The summed E-state index contributed by atoms with van der Waals surface area (Å²) in [5.74, 6) is 1.44. The lowest BCUT2D eigenvalue weighted by atomic mass is 9.90. The lowest BCUT2D eigenvalue weighted by Gasteiger charge is -2.16. The van der Waals surface area contributed by atoms with Gasteiger partial charge >= 0.3 is 0 Å². The van der Waals surface area contributed by atoms with Crippen LogP contribution in [0.2, 0.25) is 0 Å². The van der Waals surface area contributed by atoms with Gasteiger partial charge in [-0.15, -0.1) is 0 Å². The van der Waals surface area contributed by atoms with E-state index in [-0.39, 0.29) is 0 Å². The van der Waals surface area contributed by atoms with Crippen LogP contribution in [-0.4, -0.2) is 19.9 Å². The molecule has 61 heavy (non-hydrogen) atoms. The monoisotopic (exact) mass is 782 g/mol. The van der Waals surface area contributed by atoms with Crippen LogP contribution in [0.1, 0.15) is 24.1 Å². The molecule has 0 fully saturated rings. The highest BCUT2D eigenvalue weighted by Crippen LogP contribution is 2.38. The molecule has 0 bridgehead atoms. The average molecular weight is 783 g/mol. The Bertz CT molecular complexity index is 3150. The third-order valence-electron chi connectivity index (χ3n) is 11.5. The Labute approximate surface area is 354 Å². The fourth-order valence-corrected chi connectivity index (χ4v) is 8.23. The Kier molecular flexibility index (Phi) is 9.24. The van der Waals surface area contributed by atoms with Gasteiger partial charge in [0, 0.05) is 38.6 Å². The van der Waals surface area contributed by atoms with Gasteiger partial charge in [-0.1, -0.05) is 170 Å². The summed E-state index contributed by atoms with van der Waals surface area (Å²) in [6.45, 7) is 0. The fraction of sp³-hybridized carbons (Fsp3) is 0.0357. The SMILES string of the molecule is C1=C(c2ccc3oc4ccc(-c5ccc(-c6cc(-c7ccccc7)nc(-c7ccccc7)n6)cc5)cc4c3c2)CCC(c2cc(-c3ccccc3)nc(-c3ccccc3)n2)=C1. The number of hydrogen-bond acceptors (Lipinski definition) is 5. The Morgan fingerprint density at radius 2 is 0.672 bits per heavy atom. The zero-order chi connectivity index (χ0) is 40.5. The van der Waals surface area contributed by atoms with Gasteiger partial charge in [0.25, 0.3) is 0 Å². The molecule has 10 aromatic rings. The molecule has 0 N–H and O–H groups in total. The molecule has 3 aromatic heterocycles. The number of hydrogen-bond donors (Lipinski definition) is 0. The minimum absolute atomic E-state index is 0.707. The predicted octanol–water partition coefficient (Wildman–Crippen LogP) is 14.4. The summed E-state index contributed by atoms with van der Waals surface area (Å²) in [4.78, 5) is 20.0. The van der Waals surface area contributed by atoms with Crippen molar-refractivity contribution in [1.29, 1.82) is 0 Å². The van der Waals surface area contributed by atoms with Crippen molar-refractivity contribution in [3.8, 4) is 67.7 Å². The van der Waals surface area contributed by atoms with Crippen LogP contribution >= 0.6 is 0 Å². The number of fused-ring (bicyclic) bond motifs is 3. The normalized spacial score (nSPS) is 12.7. The molecule has 0 saturated heterocycles. The van der Waals surface area contributed by atoms with Crippen molar-refractivity contribution in [2.24, 2.45) is 0 Å². The number of furan rings is 1. The average Bonchev–Trinajstić information content (AvgIpc) is 3.72. The maximum Gasteiger partial charge on any atom is 0.160 e. The van der Waals surface area contributed by atoms with Crippen molar-refractivity contribution in [1.82, 2.24) is 19.9 Å². The van der Waals surface area contributed by atoms with E-state index in [1.807, 2.05) is 60.7 Å². The Hall–Kier alpha value is -8.02. The Morgan fingerprint density at radius 1 is 0.295 bits per heavy atom. The summed E-state index contributed by atoms with van der Waals surface area (Å²) >= 11 is 0. The second-order valence-corrected chi connectivity index (χ2v) is 15.4. The van der Waals surface area contributed by atoms with E-state index in [0.717, 1.165) is 102 Å². The zero-order valence-corrected chi connectivity index (χ0v) is 33.2. The van der Waals surface area contributed by atoms with E-state index in [1.54, 1.807) is 0 Å². The van der Waals surface area contributed by atoms with E-state index in [0.29, 0.717) is 5.82 Å². The topological polar surface area (TPSA) is 64.7 Å². The molecule has 0 spiro atoms. The number of nitrogens with zero attached hydrogens (tertiary/aromatic N) is 4. The summed E-state index contributed by atoms with van der Waals surface area (Å²) in [6, 6.07) is 66.9. The summed E-state index contributed by atoms with van der Waals surface area (Å²) in [5, 5.41) is 2.21. The van der Waals surface area contributed by atoms with Crippen molar-refractivity contribution >= 4 is 33.1 Å². The van der Waals surface area contributed by atoms with Gasteiger partial charge in [-0.25, -0.2) is 19.9 Å². The fourth-order valence-electron chi connectivity index (χ4n) is 8.23. The molecular formula is C56H38N4O. The molecule has 1 aliphatic carbocycles.